The van der Waals surface area contributed by atoms with Gasteiger partial charge in [-0.05, 0) is 6.07 Å². The molecular formula is C10H7N2. The highest BCUT2D eigenvalue weighted by molar-refractivity contribution is 5.57. The third kappa shape index (κ3) is 1.32. The van der Waals surface area contributed by atoms with Gasteiger partial charge in [-0.15, -0.1) is 0 Å². The summed E-state index contributed by atoms with van der Waals surface area (Å²) in [4.78, 5) is 7.75. The van der Waals surface area contributed by atoms with Crippen molar-refractivity contribution in [3.05, 3.63) is 48.9 Å². The van der Waals surface area contributed by atoms with Crippen LogP contribution in [0.1, 0.15) is 0 Å². The minimum atomic E-state index is 0.908. The predicted molar refractivity (Wildman–Crippen MR) is 46.3 cm³/mol. The fourth-order valence-electron chi connectivity index (χ4n) is 1.03. The molecule has 0 atom stereocenters. The SMILES string of the molecule is [c]1nccc(-c2ccccc2)n1. The topological polar surface area (TPSA) is 25.8 Å². The first-order valence-corrected chi connectivity index (χ1v) is 3.71. The molecule has 2 rings (SSSR count). The van der Waals surface area contributed by atoms with E-state index in [9.17, 15) is 0 Å². The van der Waals surface area contributed by atoms with Crippen molar-refractivity contribution in [3.63, 3.8) is 0 Å². The molecule has 1 aromatic carbocycles. The molecule has 57 valence electrons. The third-order valence-corrected chi connectivity index (χ3v) is 1.60. The minimum absolute atomic E-state index is 0.908. The van der Waals surface area contributed by atoms with E-state index in [1.807, 2.05) is 36.4 Å². The summed E-state index contributed by atoms with van der Waals surface area (Å²) in [5, 5.41) is 0. The maximum atomic E-state index is 4.01. The van der Waals surface area contributed by atoms with Crippen molar-refractivity contribution in [1.82, 2.24) is 9.97 Å². The number of nitrogens with zero attached hydrogens (tertiary/aromatic N) is 2. The Labute approximate surface area is 70.9 Å². The normalized spacial score (nSPS) is 9.67. The van der Waals surface area contributed by atoms with Gasteiger partial charge in [0.2, 0.25) is 0 Å². The second-order valence-corrected chi connectivity index (χ2v) is 2.41. The number of benzene rings is 1. The summed E-state index contributed by atoms with van der Waals surface area (Å²) in [5.74, 6) is 0. The van der Waals surface area contributed by atoms with Crippen LogP contribution >= 0.6 is 0 Å². The average Bonchev–Trinajstić information content (AvgIpc) is 2.21. The van der Waals surface area contributed by atoms with E-state index in [0.717, 1.165) is 11.3 Å². The molecule has 0 saturated heterocycles. The smallest absolute Gasteiger partial charge is 0.198 e. The minimum Gasteiger partial charge on any atom is -0.234 e. The Morgan fingerprint density at radius 1 is 1.00 bits per heavy atom. The van der Waals surface area contributed by atoms with Crippen LogP contribution in [0.4, 0.5) is 0 Å². The van der Waals surface area contributed by atoms with Crippen LogP contribution in [0.2, 0.25) is 0 Å². The average molecular weight is 155 g/mol. The molecule has 0 bridgehead atoms. The number of rotatable bonds is 1. The van der Waals surface area contributed by atoms with Gasteiger partial charge in [0.05, 0.1) is 5.69 Å². The van der Waals surface area contributed by atoms with Gasteiger partial charge in [-0.1, -0.05) is 30.3 Å². The van der Waals surface area contributed by atoms with Crippen LogP contribution in [-0.4, -0.2) is 9.97 Å². The molecule has 0 saturated carbocycles. The molecule has 0 aliphatic rings. The Kier molecular flexibility index (Phi) is 1.82. The lowest BCUT2D eigenvalue weighted by Gasteiger charge is -1.96. The van der Waals surface area contributed by atoms with E-state index >= 15 is 0 Å². The molecular weight excluding hydrogens is 148 g/mol. The molecule has 0 spiro atoms. The van der Waals surface area contributed by atoms with E-state index in [1.54, 1.807) is 6.20 Å². The Balaban J connectivity index is 2.46. The lowest BCUT2D eigenvalue weighted by atomic mass is 10.1. The third-order valence-electron chi connectivity index (χ3n) is 1.60. The largest absolute Gasteiger partial charge is 0.234 e. The summed E-state index contributed by atoms with van der Waals surface area (Å²) >= 11 is 0. The van der Waals surface area contributed by atoms with Gasteiger partial charge in [0, 0.05) is 11.8 Å². The summed E-state index contributed by atoms with van der Waals surface area (Å²) in [6.07, 6.45) is 4.25. The lowest BCUT2D eigenvalue weighted by Crippen LogP contribution is -1.82. The highest BCUT2D eigenvalue weighted by Gasteiger charge is 1.94. The van der Waals surface area contributed by atoms with Gasteiger partial charge < -0.3 is 0 Å². The van der Waals surface area contributed by atoms with Crippen LogP contribution in [0.15, 0.2) is 42.6 Å². The molecule has 1 radical (unpaired) electrons. The van der Waals surface area contributed by atoms with Crippen LogP contribution in [0.25, 0.3) is 11.3 Å². The number of hydrogen-bond acceptors (Lipinski definition) is 2. The van der Waals surface area contributed by atoms with E-state index in [4.69, 9.17) is 0 Å². The fraction of sp³-hybridized carbons (Fsp3) is 0. The van der Waals surface area contributed by atoms with Crippen LogP contribution in [0.5, 0.6) is 0 Å². The molecule has 0 N–H and O–H groups in total. The summed E-state index contributed by atoms with van der Waals surface area (Å²) in [7, 11) is 0. The zero-order chi connectivity index (χ0) is 8.23. The molecule has 0 unspecified atom stereocenters. The standard InChI is InChI=1S/C10H7N2/c1-2-4-9(5-3-1)10-6-7-11-8-12-10/h1-7H. The molecule has 2 heteroatoms. The molecule has 2 aromatic rings. The van der Waals surface area contributed by atoms with Crippen molar-refractivity contribution in [2.75, 3.05) is 0 Å². The van der Waals surface area contributed by atoms with E-state index in [-0.39, 0.29) is 0 Å². The van der Waals surface area contributed by atoms with Crippen molar-refractivity contribution in [3.8, 4) is 11.3 Å². The maximum absolute atomic E-state index is 4.01. The first kappa shape index (κ1) is 6.98. The van der Waals surface area contributed by atoms with E-state index in [1.165, 1.54) is 0 Å². The van der Waals surface area contributed by atoms with Gasteiger partial charge in [0.15, 0.2) is 6.33 Å². The van der Waals surface area contributed by atoms with Gasteiger partial charge in [0.25, 0.3) is 0 Å². The van der Waals surface area contributed by atoms with Crippen molar-refractivity contribution < 1.29 is 0 Å². The van der Waals surface area contributed by atoms with Gasteiger partial charge in [-0.3, -0.25) is 0 Å². The Hall–Kier alpha value is -1.70. The maximum Gasteiger partial charge on any atom is 0.198 e. The molecule has 1 aromatic heterocycles. The van der Waals surface area contributed by atoms with Gasteiger partial charge in [-0.2, -0.15) is 0 Å². The van der Waals surface area contributed by atoms with Crippen LogP contribution in [-0.2, 0) is 0 Å². The second-order valence-electron chi connectivity index (χ2n) is 2.41. The van der Waals surface area contributed by atoms with Crippen LogP contribution in [0, 0.1) is 6.33 Å². The molecule has 0 aliphatic carbocycles. The van der Waals surface area contributed by atoms with Crippen molar-refractivity contribution in [2.24, 2.45) is 0 Å². The lowest BCUT2D eigenvalue weighted by molar-refractivity contribution is 1.15. The van der Waals surface area contributed by atoms with E-state index in [0.29, 0.717) is 0 Å². The van der Waals surface area contributed by atoms with Gasteiger partial charge in [-0.25, -0.2) is 9.97 Å². The Bertz CT molecular complexity index is 305. The van der Waals surface area contributed by atoms with Crippen LogP contribution < -0.4 is 0 Å². The van der Waals surface area contributed by atoms with Gasteiger partial charge >= 0.3 is 0 Å². The highest BCUT2D eigenvalue weighted by Crippen LogP contribution is 2.13. The van der Waals surface area contributed by atoms with E-state index < -0.39 is 0 Å². The number of aromatic nitrogens is 2. The Morgan fingerprint density at radius 3 is 2.50 bits per heavy atom. The summed E-state index contributed by atoms with van der Waals surface area (Å²) in [6.45, 7) is 0. The van der Waals surface area contributed by atoms with Crippen LogP contribution in [0.3, 0.4) is 0 Å². The first-order chi connectivity index (χ1) is 5.97. The Morgan fingerprint density at radius 2 is 1.83 bits per heavy atom. The van der Waals surface area contributed by atoms with Crippen molar-refractivity contribution >= 4 is 0 Å². The zero-order valence-electron chi connectivity index (χ0n) is 6.44. The molecule has 0 aliphatic heterocycles. The highest BCUT2D eigenvalue weighted by atomic mass is 14.8. The van der Waals surface area contributed by atoms with Crippen molar-refractivity contribution in [2.45, 2.75) is 0 Å². The van der Waals surface area contributed by atoms with Gasteiger partial charge in [0.1, 0.15) is 0 Å². The summed E-state index contributed by atoms with van der Waals surface area (Å²) < 4.78 is 0. The molecule has 1 heterocycles. The monoisotopic (exact) mass is 155 g/mol. The number of hydrogen-bond donors (Lipinski definition) is 0. The fourth-order valence-corrected chi connectivity index (χ4v) is 1.03. The summed E-state index contributed by atoms with van der Waals surface area (Å²) in [6, 6.07) is 11.8. The molecule has 12 heavy (non-hydrogen) atoms. The second kappa shape index (κ2) is 3.13. The predicted octanol–water partition coefficient (Wildman–Crippen LogP) is 1.94. The van der Waals surface area contributed by atoms with E-state index in [2.05, 4.69) is 16.3 Å². The molecule has 0 fully saturated rings. The molecule has 2 nitrogen and oxygen atoms in total. The van der Waals surface area contributed by atoms with Crippen molar-refractivity contribution in [1.29, 1.82) is 0 Å². The quantitative estimate of drug-likeness (QED) is 0.629. The molecule has 0 amide bonds. The summed E-state index contributed by atoms with van der Waals surface area (Å²) in [5.41, 5.74) is 2.00. The first-order valence-electron chi connectivity index (χ1n) is 3.71. The zero-order valence-corrected chi connectivity index (χ0v) is 6.44.